The van der Waals surface area contributed by atoms with E-state index in [9.17, 15) is 0 Å². The van der Waals surface area contributed by atoms with Crippen molar-refractivity contribution in [2.24, 2.45) is 5.73 Å². The molecule has 0 radical (unpaired) electrons. The van der Waals surface area contributed by atoms with Gasteiger partial charge in [0, 0.05) is 5.54 Å². The highest BCUT2D eigenvalue weighted by molar-refractivity contribution is 4.60. The zero-order valence-corrected chi connectivity index (χ0v) is 8.02. The van der Waals surface area contributed by atoms with Crippen LogP contribution in [0.4, 0.5) is 0 Å². The maximum Gasteiger partial charge on any atom is 0.00686 e. The van der Waals surface area contributed by atoms with Crippen LogP contribution in [0.5, 0.6) is 0 Å². The molecule has 0 atom stereocenters. The van der Waals surface area contributed by atoms with Crippen LogP contribution in [-0.2, 0) is 0 Å². The lowest BCUT2D eigenvalue weighted by atomic mass is 10.1. The molecule has 0 fully saturated rings. The van der Waals surface area contributed by atoms with Gasteiger partial charge < -0.3 is 16.1 Å². The van der Waals surface area contributed by atoms with Gasteiger partial charge in [0.15, 0.2) is 0 Å². The van der Waals surface area contributed by atoms with Crippen LogP contribution in [0.3, 0.4) is 0 Å². The van der Waals surface area contributed by atoms with E-state index >= 15 is 0 Å². The van der Waals surface area contributed by atoms with Gasteiger partial charge >= 0.3 is 0 Å². The number of nitrogens with zero attached hydrogens (tertiary/aromatic N) is 1. The maximum absolute atomic E-state index is 5.35. The topological polar surface area (TPSA) is 60.8 Å². The summed E-state index contributed by atoms with van der Waals surface area (Å²) in [7, 11) is 6.00. The highest BCUT2D eigenvalue weighted by Gasteiger charge is 1.95. The minimum absolute atomic E-state index is 0. The highest BCUT2D eigenvalue weighted by atomic mass is 16.0. The molecule has 10 heavy (non-hydrogen) atoms. The molecule has 3 heteroatoms. The van der Waals surface area contributed by atoms with Crippen LogP contribution in [0.15, 0.2) is 0 Å². The van der Waals surface area contributed by atoms with E-state index < -0.39 is 0 Å². The molecule has 0 aliphatic carbocycles. The lowest BCUT2D eigenvalue weighted by Crippen LogP contribution is -2.26. The molecule has 0 bridgehead atoms. The third kappa shape index (κ3) is 25900. The van der Waals surface area contributed by atoms with Crippen molar-refractivity contribution in [2.45, 2.75) is 26.3 Å². The van der Waals surface area contributed by atoms with Crippen LogP contribution in [-0.4, -0.2) is 37.1 Å². The van der Waals surface area contributed by atoms with Crippen molar-refractivity contribution in [2.75, 3.05) is 21.1 Å². The van der Waals surface area contributed by atoms with Gasteiger partial charge in [0.2, 0.25) is 0 Å². The summed E-state index contributed by atoms with van der Waals surface area (Å²) in [6, 6.07) is 0. The third-order valence-corrected chi connectivity index (χ3v) is 0. The molecule has 0 spiro atoms. The molecule has 0 aliphatic heterocycles. The zero-order valence-electron chi connectivity index (χ0n) is 8.02. The fourth-order valence-corrected chi connectivity index (χ4v) is 0. The Kier molecular flexibility index (Phi) is 11.5. The normalized spacial score (nSPS) is 9.60. The Morgan fingerprint density at radius 3 is 1.00 bits per heavy atom. The second-order valence-corrected chi connectivity index (χ2v) is 3.71. The first kappa shape index (κ1) is 16.5. The molecule has 0 amide bonds. The molecule has 0 aromatic carbocycles. The summed E-state index contributed by atoms with van der Waals surface area (Å²) in [5, 5.41) is 0. The maximum atomic E-state index is 5.35. The van der Waals surface area contributed by atoms with Crippen molar-refractivity contribution in [3.05, 3.63) is 0 Å². The van der Waals surface area contributed by atoms with Gasteiger partial charge in [-0.05, 0) is 41.9 Å². The van der Waals surface area contributed by atoms with Gasteiger partial charge in [0.1, 0.15) is 0 Å². The Morgan fingerprint density at radius 1 is 1.00 bits per heavy atom. The molecule has 0 saturated carbocycles. The Bertz CT molecular complexity index is 48.4. The van der Waals surface area contributed by atoms with Gasteiger partial charge in [0.25, 0.3) is 0 Å². The van der Waals surface area contributed by atoms with Gasteiger partial charge in [-0.3, -0.25) is 0 Å². The molecule has 0 unspecified atom stereocenters. The second-order valence-electron chi connectivity index (χ2n) is 3.71. The minimum Gasteiger partial charge on any atom is -0.412 e. The molecule has 4 N–H and O–H groups in total. The largest absolute Gasteiger partial charge is 0.412 e. The first-order chi connectivity index (χ1) is 3.73. The number of rotatable bonds is 0. The summed E-state index contributed by atoms with van der Waals surface area (Å²) < 4.78 is 0. The third-order valence-electron chi connectivity index (χ3n) is 0. The molecule has 0 aromatic heterocycles. The quantitative estimate of drug-likeness (QED) is 0.532. The highest BCUT2D eigenvalue weighted by Crippen LogP contribution is 1.88. The van der Waals surface area contributed by atoms with Crippen molar-refractivity contribution in [3.8, 4) is 0 Å². The van der Waals surface area contributed by atoms with Gasteiger partial charge in [-0.25, -0.2) is 0 Å². The average Bonchev–Trinajstić information content (AvgIpc) is 1.19. The van der Waals surface area contributed by atoms with Crippen LogP contribution in [0.2, 0.25) is 0 Å². The standard InChI is InChI=1S/C4H11N.C3H9N.H2O/c1-4(2,3)5;1-4(2)3;/h5H2,1-3H3;1-3H3;1H2. The van der Waals surface area contributed by atoms with E-state index in [0.717, 1.165) is 0 Å². The van der Waals surface area contributed by atoms with Gasteiger partial charge in [-0.2, -0.15) is 0 Å². The van der Waals surface area contributed by atoms with Crippen LogP contribution < -0.4 is 5.73 Å². The lowest BCUT2D eigenvalue weighted by molar-refractivity contribution is 0.505. The van der Waals surface area contributed by atoms with E-state index in [1.54, 1.807) is 0 Å². The van der Waals surface area contributed by atoms with E-state index in [1.165, 1.54) is 0 Å². The molecule has 0 aromatic rings. The summed E-state index contributed by atoms with van der Waals surface area (Å²) >= 11 is 0. The predicted octanol–water partition coefficient (Wildman–Crippen LogP) is 0.0967. The van der Waals surface area contributed by atoms with Gasteiger partial charge in [-0.15, -0.1) is 0 Å². The van der Waals surface area contributed by atoms with Crippen LogP contribution in [0.1, 0.15) is 20.8 Å². The summed E-state index contributed by atoms with van der Waals surface area (Å²) in [6.07, 6.45) is 0. The second kappa shape index (κ2) is 6.99. The molecular weight excluding hydrogens is 128 g/mol. The average molecular weight is 150 g/mol. The molecule has 0 heterocycles. The van der Waals surface area contributed by atoms with Crippen molar-refractivity contribution < 1.29 is 5.48 Å². The minimum atomic E-state index is 0. The Hall–Kier alpha value is -0.120. The Balaban J connectivity index is -0.0000000910. The monoisotopic (exact) mass is 150 g/mol. The Morgan fingerprint density at radius 2 is 1.00 bits per heavy atom. The van der Waals surface area contributed by atoms with Crippen molar-refractivity contribution in [1.82, 2.24) is 4.90 Å². The summed E-state index contributed by atoms with van der Waals surface area (Å²) in [4.78, 5) is 2.00. The smallest absolute Gasteiger partial charge is 0.00686 e. The first-order valence-electron chi connectivity index (χ1n) is 3.13. The summed E-state index contributed by atoms with van der Waals surface area (Å²) in [5.74, 6) is 0. The predicted molar refractivity (Wildman–Crippen MR) is 47.2 cm³/mol. The van der Waals surface area contributed by atoms with Gasteiger partial charge in [-0.1, -0.05) is 0 Å². The summed E-state index contributed by atoms with van der Waals surface area (Å²) in [6.45, 7) is 5.90. The van der Waals surface area contributed by atoms with E-state index in [0.29, 0.717) is 0 Å². The number of hydrogen-bond donors (Lipinski definition) is 1. The molecular formula is C7H22N2O. The van der Waals surface area contributed by atoms with Crippen LogP contribution in [0.25, 0.3) is 0 Å². The SMILES string of the molecule is CC(C)(C)N.CN(C)C.O. The van der Waals surface area contributed by atoms with Crippen molar-refractivity contribution >= 4 is 0 Å². The van der Waals surface area contributed by atoms with E-state index in [4.69, 9.17) is 5.73 Å². The van der Waals surface area contributed by atoms with E-state index in [1.807, 2.05) is 46.8 Å². The molecule has 66 valence electrons. The van der Waals surface area contributed by atoms with Crippen LogP contribution >= 0.6 is 0 Å². The Labute approximate surface area is 64.5 Å². The zero-order chi connectivity index (χ0) is 8.08. The molecule has 0 saturated heterocycles. The van der Waals surface area contributed by atoms with E-state index in [-0.39, 0.29) is 11.0 Å². The molecule has 3 nitrogen and oxygen atoms in total. The fourth-order valence-electron chi connectivity index (χ4n) is 0. The van der Waals surface area contributed by atoms with Gasteiger partial charge in [0.05, 0.1) is 0 Å². The number of hydrogen-bond acceptors (Lipinski definition) is 2. The lowest BCUT2D eigenvalue weighted by Gasteiger charge is -2.06. The number of nitrogens with two attached hydrogens (primary N) is 1. The van der Waals surface area contributed by atoms with Crippen molar-refractivity contribution in [3.63, 3.8) is 0 Å². The molecule has 0 rings (SSSR count). The fraction of sp³-hybridized carbons (Fsp3) is 1.00. The first-order valence-corrected chi connectivity index (χ1v) is 3.13. The van der Waals surface area contributed by atoms with Crippen LogP contribution in [0, 0.1) is 0 Å². The van der Waals surface area contributed by atoms with E-state index in [2.05, 4.69) is 0 Å². The molecule has 0 aliphatic rings. The summed E-state index contributed by atoms with van der Waals surface area (Å²) in [5.41, 5.74) is 5.35. The van der Waals surface area contributed by atoms with Crippen molar-refractivity contribution in [1.29, 1.82) is 0 Å².